The van der Waals surface area contributed by atoms with E-state index >= 15 is 0 Å². The van der Waals surface area contributed by atoms with Gasteiger partial charge >= 0.3 is 0 Å². The molecule has 0 saturated carbocycles. The van der Waals surface area contributed by atoms with Crippen molar-refractivity contribution in [1.29, 1.82) is 0 Å². The van der Waals surface area contributed by atoms with Gasteiger partial charge in [-0.3, -0.25) is 0 Å². The zero-order valence-electron chi connectivity index (χ0n) is 12.5. The first kappa shape index (κ1) is 16.7. The lowest BCUT2D eigenvalue weighted by molar-refractivity contribution is -0.173. The Labute approximate surface area is 156 Å². The molecule has 2 aromatic carbocycles. The van der Waals surface area contributed by atoms with Gasteiger partial charge in [0.15, 0.2) is 12.6 Å². The Morgan fingerprint density at radius 1 is 0.625 bits per heavy atom. The van der Waals surface area contributed by atoms with Crippen molar-refractivity contribution in [3.8, 4) is 0 Å². The standard InChI is InChI=1S/C18H16Br2O4/c19-11-5-1-9(2-6-11)15-13-14(18(22)23-15)16(24-17(13)21)10-3-7-12(20)8-4-10/h1-8,13-18,21-22H. The topological polar surface area (TPSA) is 58.9 Å². The summed E-state index contributed by atoms with van der Waals surface area (Å²) < 4.78 is 13.5. The zero-order chi connectivity index (χ0) is 16.8. The maximum absolute atomic E-state index is 10.5. The van der Waals surface area contributed by atoms with E-state index in [0.29, 0.717) is 0 Å². The fourth-order valence-corrected chi connectivity index (χ4v) is 4.18. The number of rotatable bonds is 2. The number of aliphatic hydroxyl groups excluding tert-OH is 2. The third kappa shape index (κ3) is 2.85. The third-order valence-electron chi connectivity index (χ3n) is 4.77. The van der Waals surface area contributed by atoms with Crippen LogP contribution in [-0.4, -0.2) is 22.8 Å². The van der Waals surface area contributed by atoms with Crippen molar-refractivity contribution in [3.05, 3.63) is 68.6 Å². The lowest BCUT2D eigenvalue weighted by Crippen LogP contribution is -2.23. The van der Waals surface area contributed by atoms with Crippen molar-refractivity contribution >= 4 is 31.9 Å². The predicted molar refractivity (Wildman–Crippen MR) is 94.9 cm³/mol. The maximum Gasteiger partial charge on any atom is 0.161 e. The van der Waals surface area contributed by atoms with Gasteiger partial charge in [-0.1, -0.05) is 56.1 Å². The molecule has 0 bridgehead atoms. The van der Waals surface area contributed by atoms with Crippen molar-refractivity contribution in [2.24, 2.45) is 11.8 Å². The summed E-state index contributed by atoms with van der Waals surface area (Å²) in [5.74, 6) is -0.621. The van der Waals surface area contributed by atoms with Crippen LogP contribution in [0.25, 0.3) is 0 Å². The molecule has 2 aliphatic rings. The van der Waals surface area contributed by atoms with Crippen LogP contribution in [0.1, 0.15) is 23.3 Å². The molecule has 6 heteroatoms. The van der Waals surface area contributed by atoms with Crippen molar-refractivity contribution in [3.63, 3.8) is 0 Å². The van der Waals surface area contributed by atoms with Crippen LogP contribution in [0.3, 0.4) is 0 Å². The van der Waals surface area contributed by atoms with Crippen LogP contribution in [0.5, 0.6) is 0 Å². The normalized spacial score (nSPS) is 35.2. The predicted octanol–water partition coefficient (Wildman–Crippen LogP) is 3.92. The van der Waals surface area contributed by atoms with Crippen molar-refractivity contribution < 1.29 is 19.7 Å². The van der Waals surface area contributed by atoms with E-state index in [9.17, 15) is 10.2 Å². The summed E-state index contributed by atoms with van der Waals surface area (Å²) in [5, 5.41) is 20.9. The molecule has 6 atom stereocenters. The molecule has 2 saturated heterocycles. The van der Waals surface area contributed by atoms with Gasteiger partial charge in [-0.2, -0.15) is 0 Å². The Bertz CT molecular complexity index is 655. The SMILES string of the molecule is OC1OC(c2ccc(Br)cc2)C2C(O)OC(c3ccc(Br)cc3)C12. The Kier molecular flexibility index (Phi) is 4.53. The number of hydrogen-bond donors (Lipinski definition) is 2. The number of fused-ring (bicyclic) bond motifs is 1. The molecule has 2 aliphatic heterocycles. The van der Waals surface area contributed by atoms with Crippen molar-refractivity contribution in [2.75, 3.05) is 0 Å². The van der Waals surface area contributed by atoms with E-state index in [1.54, 1.807) is 0 Å². The number of benzene rings is 2. The van der Waals surface area contributed by atoms with Gasteiger partial charge in [-0.15, -0.1) is 0 Å². The zero-order valence-corrected chi connectivity index (χ0v) is 15.7. The number of aliphatic hydroxyl groups is 2. The summed E-state index contributed by atoms with van der Waals surface area (Å²) in [4.78, 5) is 0. The average Bonchev–Trinajstić information content (AvgIpc) is 3.08. The van der Waals surface area contributed by atoms with Gasteiger partial charge in [-0.25, -0.2) is 0 Å². The summed E-state index contributed by atoms with van der Waals surface area (Å²) in [6.07, 6.45) is -2.74. The molecule has 126 valence electrons. The molecule has 0 amide bonds. The molecule has 0 aromatic heterocycles. The first-order valence-corrected chi connectivity index (χ1v) is 9.31. The highest BCUT2D eigenvalue weighted by molar-refractivity contribution is 9.10. The summed E-state index contributed by atoms with van der Waals surface area (Å²) >= 11 is 6.82. The van der Waals surface area contributed by atoms with Gasteiger partial charge in [0.2, 0.25) is 0 Å². The highest BCUT2D eigenvalue weighted by atomic mass is 79.9. The first-order chi connectivity index (χ1) is 11.5. The third-order valence-corrected chi connectivity index (χ3v) is 5.83. The van der Waals surface area contributed by atoms with Gasteiger partial charge in [0, 0.05) is 8.95 Å². The summed E-state index contributed by atoms with van der Waals surface area (Å²) in [6.45, 7) is 0. The summed E-state index contributed by atoms with van der Waals surface area (Å²) in [5.41, 5.74) is 1.84. The minimum absolute atomic E-state index is 0.310. The molecule has 6 unspecified atom stereocenters. The van der Waals surface area contributed by atoms with E-state index in [4.69, 9.17) is 9.47 Å². The molecule has 0 spiro atoms. The minimum Gasteiger partial charge on any atom is -0.368 e. The minimum atomic E-state index is -0.977. The maximum atomic E-state index is 10.5. The van der Waals surface area contributed by atoms with Crippen molar-refractivity contribution in [1.82, 2.24) is 0 Å². The molecular weight excluding hydrogens is 440 g/mol. The number of halogens is 2. The van der Waals surface area contributed by atoms with Crippen LogP contribution in [-0.2, 0) is 9.47 Å². The van der Waals surface area contributed by atoms with Gasteiger partial charge in [0.1, 0.15) is 0 Å². The van der Waals surface area contributed by atoms with Crippen molar-refractivity contribution in [2.45, 2.75) is 24.8 Å². The fourth-order valence-electron chi connectivity index (χ4n) is 3.65. The second-order valence-electron chi connectivity index (χ2n) is 6.15. The summed E-state index contributed by atoms with van der Waals surface area (Å²) in [7, 11) is 0. The highest BCUT2D eigenvalue weighted by Crippen LogP contribution is 2.55. The Morgan fingerprint density at radius 3 is 1.29 bits per heavy atom. The van der Waals surface area contributed by atoms with Crippen LogP contribution in [0.2, 0.25) is 0 Å². The molecule has 0 radical (unpaired) electrons. The second-order valence-corrected chi connectivity index (χ2v) is 7.98. The smallest absolute Gasteiger partial charge is 0.161 e. The number of ether oxygens (including phenoxy) is 2. The van der Waals surface area contributed by atoms with E-state index in [1.807, 2.05) is 48.5 Å². The van der Waals surface area contributed by atoms with Crippen LogP contribution >= 0.6 is 31.9 Å². The van der Waals surface area contributed by atoms with E-state index in [1.165, 1.54) is 0 Å². The lowest BCUT2D eigenvalue weighted by Gasteiger charge is -2.20. The monoisotopic (exact) mass is 454 g/mol. The lowest BCUT2D eigenvalue weighted by atomic mass is 9.83. The molecule has 4 rings (SSSR count). The van der Waals surface area contributed by atoms with E-state index in [-0.39, 0.29) is 11.8 Å². The fraction of sp³-hybridized carbons (Fsp3) is 0.333. The molecule has 2 aromatic rings. The number of hydrogen-bond acceptors (Lipinski definition) is 4. The molecule has 2 fully saturated rings. The average molecular weight is 456 g/mol. The van der Waals surface area contributed by atoms with Crippen LogP contribution in [0, 0.1) is 11.8 Å². The highest BCUT2D eigenvalue weighted by Gasteiger charge is 2.57. The van der Waals surface area contributed by atoms with Crippen LogP contribution in [0.4, 0.5) is 0 Å². The van der Waals surface area contributed by atoms with E-state index < -0.39 is 24.8 Å². The molecule has 4 nitrogen and oxygen atoms in total. The first-order valence-electron chi connectivity index (χ1n) is 7.72. The Balaban J connectivity index is 1.66. The molecule has 2 N–H and O–H groups in total. The van der Waals surface area contributed by atoms with Crippen LogP contribution < -0.4 is 0 Å². The largest absolute Gasteiger partial charge is 0.368 e. The molecule has 0 aliphatic carbocycles. The Morgan fingerprint density at radius 2 is 0.958 bits per heavy atom. The van der Waals surface area contributed by atoms with Crippen LogP contribution in [0.15, 0.2) is 57.5 Å². The van der Waals surface area contributed by atoms with Gasteiger partial charge in [-0.05, 0) is 35.4 Å². The Hall–Kier alpha value is -0.760. The second kappa shape index (κ2) is 6.52. The molecule has 2 heterocycles. The van der Waals surface area contributed by atoms with E-state index in [2.05, 4.69) is 31.9 Å². The van der Waals surface area contributed by atoms with Gasteiger partial charge in [0.05, 0.1) is 24.0 Å². The molecular formula is C18H16Br2O4. The van der Waals surface area contributed by atoms with E-state index in [0.717, 1.165) is 20.1 Å². The van der Waals surface area contributed by atoms with Gasteiger partial charge in [0.25, 0.3) is 0 Å². The quantitative estimate of drug-likeness (QED) is 0.720. The molecule has 24 heavy (non-hydrogen) atoms. The summed E-state index contributed by atoms with van der Waals surface area (Å²) in [6, 6.07) is 15.4. The van der Waals surface area contributed by atoms with Gasteiger partial charge < -0.3 is 19.7 Å².